The molecule has 8 nitrogen and oxygen atoms in total. The molecule has 3 heterocycles. The summed E-state index contributed by atoms with van der Waals surface area (Å²) in [5.74, 6) is 1.00. The van der Waals surface area contributed by atoms with E-state index in [-0.39, 0.29) is 11.8 Å². The van der Waals surface area contributed by atoms with E-state index in [4.69, 9.17) is 19.2 Å². The first-order valence-corrected chi connectivity index (χ1v) is 8.80. The summed E-state index contributed by atoms with van der Waals surface area (Å²) in [6.45, 7) is 3.55. The van der Waals surface area contributed by atoms with Gasteiger partial charge in [0, 0.05) is 11.6 Å². The van der Waals surface area contributed by atoms with E-state index in [9.17, 15) is 10.1 Å². The van der Waals surface area contributed by atoms with E-state index in [0.717, 1.165) is 16.6 Å². The maximum atomic E-state index is 11.6. The fourth-order valence-corrected chi connectivity index (χ4v) is 3.78. The standard InChI is InChI=1S/C19H17N3O5/c1-11-10-21-14-6-2-4-12(19-25-8-9-26-19)17(14)20-18(21)16-13(22(23)24)5-3-7-15(16)27-11/h2-7,11,19H,8-10H2,1H3/t11-/m0/s1. The smallest absolute Gasteiger partial charge is 0.284 e. The number of nitro groups is 1. The van der Waals surface area contributed by atoms with E-state index in [1.165, 1.54) is 6.07 Å². The summed E-state index contributed by atoms with van der Waals surface area (Å²) >= 11 is 0. The molecule has 0 amide bonds. The number of nitro benzene ring substituents is 1. The highest BCUT2D eigenvalue weighted by molar-refractivity contribution is 5.87. The number of rotatable bonds is 2. The van der Waals surface area contributed by atoms with Gasteiger partial charge in [0.05, 0.1) is 35.7 Å². The molecule has 5 rings (SSSR count). The van der Waals surface area contributed by atoms with Crippen molar-refractivity contribution < 1.29 is 19.1 Å². The van der Waals surface area contributed by atoms with Crippen LogP contribution in [-0.2, 0) is 16.0 Å². The molecule has 0 saturated carbocycles. The molecule has 27 heavy (non-hydrogen) atoms. The fraction of sp³-hybridized carbons (Fsp3) is 0.316. The average Bonchev–Trinajstić information content (AvgIpc) is 3.27. The molecule has 138 valence electrons. The van der Waals surface area contributed by atoms with E-state index in [1.54, 1.807) is 12.1 Å². The Hall–Kier alpha value is -2.97. The minimum Gasteiger partial charge on any atom is -0.488 e. The van der Waals surface area contributed by atoms with Gasteiger partial charge in [-0.1, -0.05) is 18.2 Å². The summed E-state index contributed by atoms with van der Waals surface area (Å²) in [6, 6.07) is 10.7. The highest BCUT2D eigenvalue weighted by atomic mass is 16.7. The second-order valence-corrected chi connectivity index (χ2v) is 6.67. The minimum absolute atomic E-state index is 0.0203. The number of nitrogens with zero attached hydrogens (tertiary/aromatic N) is 3. The Morgan fingerprint density at radius 3 is 2.74 bits per heavy atom. The summed E-state index contributed by atoms with van der Waals surface area (Å²) in [7, 11) is 0. The summed E-state index contributed by atoms with van der Waals surface area (Å²) in [5.41, 5.74) is 2.83. The number of benzene rings is 2. The van der Waals surface area contributed by atoms with Crippen molar-refractivity contribution in [3.8, 4) is 17.1 Å². The van der Waals surface area contributed by atoms with Gasteiger partial charge in [0.25, 0.3) is 5.69 Å². The fourth-order valence-electron chi connectivity index (χ4n) is 3.78. The van der Waals surface area contributed by atoms with Crippen LogP contribution in [0.5, 0.6) is 5.75 Å². The van der Waals surface area contributed by atoms with Gasteiger partial charge in [0.1, 0.15) is 17.4 Å². The third-order valence-corrected chi connectivity index (χ3v) is 4.88. The molecule has 1 atom stereocenters. The van der Waals surface area contributed by atoms with Crippen molar-refractivity contribution in [1.29, 1.82) is 0 Å². The third-order valence-electron chi connectivity index (χ3n) is 4.88. The SMILES string of the molecule is C[C@H]1Cn2c(nc3c(C4OCCO4)cccc32)-c2c(cccc2[N+](=O)[O-])O1. The zero-order valence-corrected chi connectivity index (χ0v) is 14.6. The van der Waals surface area contributed by atoms with Crippen LogP contribution in [0.1, 0.15) is 18.8 Å². The number of aromatic nitrogens is 2. The molecule has 0 unspecified atom stereocenters. The van der Waals surface area contributed by atoms with Crippen molar-refractivity contribution in [3.05, 3.63) is 52.1 Å². The molecular formula is C19H17N3O5. The largest absolute Gasteiger partial charge is 0.488 e. The maximum absolute atomic E-state index is 11.6. The van der Waals surface area contributed by atoms with Gasteiger partial charge in [0.15, 0.2) is 12.1 Å². The normalized spacial score (nSPS) is 19.4. The topological polar surface area (TPSA) is 88.7 Å². The van der Waals surface area contributed by atoms with Gasteiger partial charge in [-0.05, 0) is 19.1 Å². The van der Waals surface area contributed by atoms with Gasteiger partial charge in [-0.3, -0.25) is 10.1 Å². The van der Waals surface area contributed by atoms with E-state index in [2.05, 4.69) is 0 Å². The van der Waals surface area contributed by atoms with E-state index in [1.807, 2.05) is 29.7 Å². The molecule has 1 aromatic heterocycles. The van der Waals surface area contributed by atoms with Gasteiger partial charge in [-0.25, -0.2) is 4.98 Å². The Morgan fingerprint density at radius 1 is 1.19 bits per heavy atom. The molecule has 0 N–H and O–H groups in total. The van der Waals surface area contributed by atoms with Crippen LogP contribution in [0.4, 0.5) is 5.69 Å². The molecule has 0 spiro atoms. The third kappa shape index (κ3) is 2.48. The molecule has 1 fully saturated rings. The predicted octanol–water partition coefficient (Wildman–Crippen LogP) is 3.44. The highest BCUT2D eigenvalue weighted by Gasteiger charge is 2.31. The van der Waals surface area contributed by atoms with E-state index in [0.29, 0.717) is 36.9 Å². The van der Waals surface area contributed by atoms with Crippen LogP contribution >= 0.6 is 0 Å². The van der Waals surface area contributed by atoms with Crippen molar-refractivity contribution in [2.45, 2.75) is 25.9 Å². The van der Waals surface area contributed by atoms with Crippen molar-refractivity contribution in [1.82, 2.24) is 9.55 Å². The first-order valence-electron chi connectivity index (χ1n) is 8.80. The van der Waals surface area contributed by atoms with Gasteiger partial charge in [-0.15, -0.1) is 0 Å². The molecule has 8 heteroatoms. The van der Waals surface area contributed by atoms with Crippen LogP contribution in [0.3, 0.4) is 0 Å². The zero-order valence-electron chi connectivity index (χ0n) is 14.6. The number of fused-ring (bicyclic) bond motifs is 5. The number of hydrogen-bond donors (Lipinski definition) is 0. The van der Waals surface area contributed by atoms with Crippen molar-refractivity contribution in [3.63, 3.8) is 0 Å². The maximum Gasteiger partial charge on any atom is 0.284 e. The number of imidazole rings is 1. The molecule has 1 saturated heterocycles. The quantitative estimate of drug-likeness (QED) is 0.509. The van der Waals surface area contributed by atoms with Gasteiger partial charge in [0.2, 0.25) is 0 Å². The zero-order chi connectivity index (χ0) is 18.5. The molecule has 0 bridgehead atoms. The Balaban J connectivity index is 1.81. The Labute approximate surface area is 154 Å². The van der Waals surface area contributed by atoms with Crippen molar-refractivity contribution >= 4 is 16.7 Å². The summed E-state index contributed by atoms with van der Waals surface area (Å²) < 4.78 is 19.2. The molecule has 3 aromatic rings. The first kappa shape index (κ1) is 16.2. The first-order chi connectivity index (χ1) is 13.1. The molecule has 0 radical (unpaired) electrons. The van der Waals surface area contributed by atoms with E-state index < -0.39 is 11.2 Å². The molecule has 2 aromatic carbocycles. The molecule has 2 aliphatic rings. The van der Waals surface area contributed by atoms with Gasteiger partial charge in [-0.2, -0.15) is 0 Å². The lowest BCUT2D eigenvalue weighted by Gasteiger charge is -2.14. The second-order valence-electron chi connectivity index (χ2n) is 6.67. The lowest BCUT2D eigenvalue weighted by Crippen LogP contribution is -2.17. The number of para-hydroxylation sites is 1. The van der Waals surface area contributed by atoms with Crippen LogP contribution in [0.2, 0.25) is 0 Å². The Kier molecular flexibility index (Phi) is 3.63. The van der Waals surface area contributed by atoms with E-state index >= 15 is 0 Å². The predicted molar refractivity (Wildman–Crippen MR) is 96.6 cm³/mol. The van der Waals surface area contributed by atoms with Crippen LogP contribution in [0.25, 0.3) is 22.4 Å². The van der Waals surface area contributed by atoms with Crippen LogP contribution in [0, 0.1) is 10.1 Å². The Bertz CT molecular complexity index is 1050. The molecule has 0 aliphatic carbocycles. The van der Waals surface area contributed by atoms with Crippen LogP contribution in [0.15, 0.2) is 36.4 Å². The molecule has 2 aliphatic heterocycles. The number of hydrogen-bond acceptors (Lipinski definition) is 6. The summed E-state index contributed by atoms with van der Waals surface area (Å²) in [5, 5.41) is 11.6. The Morgan fingerprint density at radius 2 is 1.96 bits per heavy atom. The lowest BCUT2D eigenvalue weighted by atomic mass is 10.1. The van der Waals surface area contributed by atoms with Crippen LogP contribution < -0.4 is 4.74 Å². The lowest BCUT2D eigenvalue weighted by molar-refractivity contribution is -0.384. The van der Waals surface area contributed by atoms with Crippen LogP contribution in [-0.4, -0.2) is 33.8 Å². The highest BCUT2D eigenvalue weighted by Crippen LogP contribution is 2.42. The van der Waals surface area contributed by atoms with Crippen molar-refractivity contribution in [2.24, 2.45) is 0 Å². The van der Waals surface area contributed by atoms with Crippen molar-refractivity contribution in [2.75, 3.05) is 13.2 Å². The summed E-state index contributed by atoms with van der Waals surface area (Å²) in [4.78, 5) is 16.0. The number of ether oxygens (including phenoxy) is 3. The second kappa shape index (κ2) is 6.04. The average molecular weight is 367 g/mol. The monoisotopic (exact) mass is 367 g/mol. The minimum atomic E-state index is -0.466. The summed E-state index contributed by atoms with van der Waals surface area (Å²) in [6.07, 6.45) is -0.626. The van der Waals surface area contributed by atoms with Gasteiger partial charge < -0.3 is 18.8 Å². The van der Waals surface area contributed by atoms with Gasteiger partial charge >= 0.3 is 0 Å². The molecular weight excluding hydrogens is 350 g/mol.